The zero-order valence-electron chi connectivity index (χ0n) is 12.0. The summed E-state index contributed by atoms with van der Waals surface area (Å²) in [6.07, 6.45) is 0.790. The first-order valence-corrected chi connectivity index (χ1v) is 6.58. The standard InChI is InChI=1S/C14H23N3O3/c1-10(5-6-18)8-16-9-11-3-4-12(14(15)17-19)13(7-11)20-2/h3-4,7,10,16,18-19H,5-6,8-9H2,1-2H3,(H2,15,17). The maximum atomic E-state index is 8.84. The molecule has 112 valence electrons. The highest BCUT2D eigenvalue weighted by atomic mass is 16.5. The maximum Gasteiger partial charge on any atom is 0.173 e. The molecule has 0 bridgehead atoms. The molecule has 6 nitrogen and oxygen atoms in total. The highest BCUT2D eigenvalue weighted by Crippen LogP contribution is 2.20. The lowest BCUT2D eigenvalue weighted by Gasteiger charge is -2.13. The van der Waals surface area contributed by atoms with Crippen molar-refractivity contribution in [3.05, 3.63) is 29.3 Å². The monoisotopic (exact) mass is 281 g/mol. The third-order valence-electron chi connectivity index (χ3n) is 3.09. The summed E-state index contributed by atoms with van der Waals surface area (Å²) in [5.41, 5.74) is 7.19. The Hall–Kier alpha value is -1.79. The second-order valence-corrected chi connectivity index (χ2v) is 4.77. The number of oxime groups is 1. The topological polar surface area (TPSA) is 100 Å². The van der Waals surface area contributed by atoms with E-state index in [9.17, 15) is 0 Å². The molecule has 1 unspecified atom stereocenters. The van der Waals surface area contributed by atoms with Crippen LogP contribution in [0.4, 0.5) is 0 Å². The van der Waals surface area contributed by atoms with Gasteiger partial charge in [-0.2, -0.15) is 0 Å². The SMILES string of the molecule is COc1cc(CNCC(C)CCO)ccc1/C(N)=N/O. The average Bonchev–Trinajstić information content (AvgIpc) is 2.46. The van der Waals surface area contributed by atoms with Crippen LogP contribution >= 0.6 is 0 Å². The van der Waals surface area contributed by atoms with Gasteiger partial charge in [-0.25, -0.2) is 0 Å². The van der Waals surface area contributed by atoms with Gasteiger partial charge in [0.05, 0.1) is 12.7 Å². The number of nitrogens with zero attached hydrogens (tertiary/aromatic N) is 1. The van der Waals surface area contributed by atoms with Crippen molar-refractivity contribution in [2.45, 2.75) is 19.9 Å². The van der Waals surface area contributed by atoms with E-state index in [1.54, 1.807) is 13.2 Å². The normalized spacial score (nSPS) is 13.2. The first-order chi connectivity index (χ1) is 9.62. The van der Waals surface area contributed by atoms with Gasteiger partial charge < -0.3 is 26.1 Å². The molecule has 1 aromatic rings. The van der Waals surface area contributed by atoms with E-state index >= 15 is 0 Å². The van der Waals surface area contributed by atoms with Crippen LogP contribution in [0.3, 0.4) is 0 Å². The number of nitrogens with two attached hydrogens (primary N) is 1. The van der Waals surface area contributed by atoms with Crippen LogP contribution in [0, 0.1) is 5.92 Å². The molecular weight excluding hydrogens is 258 g/mol. The van der Waals surface area contributed by atoms with Crippen molar-refractivity contribution in [3.63, 3.8) is 0 Å². The van der Waals surface area contributed by atoms with E-state index in [4.69, 9.17) is 20.8 Å². The number of benzene rings is 1. The molecule has 1 aromatic carbocycles. The first kappa shape index (κ1) is 16.3. The Morgan fingerprint density at radius 1 is 1.50 bits per heavy atom. The summed E-state index contributed by atoms with van der Waals surface area (Å²) in [5.74, 6) is 1.03. The Balaban J connectivity index is 2.64. The van der Waals surface area contributed by atoms with E-state index in [-0.39, 0.29) is 12.4 Å². The van der Waals surface area contributed by atoms with Crippen molar-refractivity contribution in [2.24, 2.45) is 16.8 Å². The third kappa shape index (κ3) is 4.71. The number of amidine groups is 1. The minimum Gasteiger partial charge on any atom is -0.496 e. The lowest BCUT2D eigenvalue weighted by molar-refractivity contribution is 0.260. The quantitative estimate of drug-likeness (QED) is 0.245. The number of rotatable bonds is 8. The van der Waals surface area contributed by atoms with Gasteiger partial charge in [-0.3, -0.25) is 0 Å². The van der Waals surface area contributed by atoms with Crippen LogP contribution in [-0.2, 0) is 6.54 Å². The van der Waals surface area contributed by atoms with E-state index in [0.29, 0.717) is 23.8 Å². The number of ether oxygens (including phenoxy) is 1. The second kappa shape index (κ2) is 8.39. The minimum atomic E-state index is 0.0259. The van der Waals surface area contributed by atoms with Crippen LogP contribution in [0.5, 0.6) is 5.75 Å². The predicted molar refractivity (Wildman–Crippen MR) is 78.1 cm³/mol. The molecule has 5 N–H and O–H groups in total. The van der Waals surface area contributed by atoms with E-state index in [1.807, 2.05) is 12.1 Å². The molecule has 1 rings (SSSR count). The van der Waals surface area contributed by atoms with Gasteiger partial charge in [-0.15, -0.1) is 0 Å². The number of methoxy groups -OCH3 is 1. The van der Waals surface area contributed by atoms with Gasteiger partial charge in [0.2, 0.25) is 0 Å². The summed E-state index contributed by atoms with van der Waals surface area (Å²) < 4.78 is 5.24. The van der Waals surface area contributed by atoms with Gasteiger partial charge in [0.15, 0.2) is 5.84 Å². The summed E-state index contributed by atoms with van der Waals surface area (Å²) in [6.45, 7) is 3.84. The zero-order valence-corrected chi connectivity index (χ0v) is 12.0. The van der Waals surface area contributed by atoms with Crippen LogP contribution in [0.15, 0.2) is 23.4 Å². The molecule has 0 spiro atoms. The molecule has 0 fully saturated rings. The summed E-state index contributed by atoms with van der Waals surface area (Å²) in [5, 5.41) is 23.8. The van der Waals surface area contributed by atoms with Gasteiger partial charge >= 0.3 is 0 Å². The Morgan fingerprint density at radius 3 is 2.85 bits per heavy atom. The predicted octanol–water partition coefficient (Wildman–Crippen LogP) is 0.898. The second-order valence-electron chi connectivity index (χ2n) is 4.77. The van der Waals surface area contributed by atoms with Crippen molar-refractivity contribution in [1.29, 1.82) is 0 Å². The van der Waals surface area contributed by atoms with Crippen LogP contribution in [0.25, 0.3) is 0 Å². The highest BCUT2D eigenvalue weighted by Gasteiger charge is 2.09. The first-order valence-electron chi connectivity index (χ1n) is 6.58. The Morgan fingerprint density at radius 2 is 2.25 bits per heavy atom. The van der Waals surface area contributed by atoms with E-state index < -0.39 is 0 Å². The Labute approximate surface area is 119 Å². The highest BCUT2D eigenvalue weighted by molar-refractivity contribution is 5.99. The third-order valence-corrected chi connectivity index (χ3v) is 3.09. The Bertz CT molecular complexity index is 449. The van der Waals surface area contributed by atoms with Crippen LogP contribution < -0.4 is 15.8 Å². The van der Waals surface area contributed by atoms with Crippen LogP contribution in [-0.4, -0.2) is 36.4 Å². The minimum absolute atomic E-state index is 0.0259. The van der Waals surface area contributed by atoms with Crippen molar-refractivity contribution in [3.8, 4) is 5.75 Å². The molecule has 0 saturated carbocycles. The molecule has 0 aliphatic carbocycles. The van der Waals surface area contributed by atoms with Crippen LogP contribution in [0.2, 0.25) is 0 Å². The van der Waals surface area contributed by atoms with Gasteiger partial charge in [0.1, 0.15) is 5.75 Å². The van der Waals surface area contributed by atoms with Crippen molar-refractivity contribution >= 4 is 5.84 Å². The maximum absolute atomic E-state index is 8.84. The molecule has 0 aliphatic rings. The summed E-state index contributed by atoms with van der Waals surface area (Å²) >= 11 is 0. The zero-order chi connectivity index (χ0) is 15.0. The van der Waals surface area contributed by atoms with Crippen molar-refractivity contribution in [1.82, 2.24) is 5.32 Å². The van der Waals surface area contributed by atoms with E-state index in [1.165, 1.54) is 0 Å². The Kier molecular flexibility index (Phi) is 6.83. The van der Waals surface area contributed by atoms with Gasteiger partial charge in [-0.05, 0) is 36.6 Å². The van der Waals surface area contributed by atoms with Crippen molar-refractivity contribution < 1.29 is 15.1 Å². The summed E-state index contributed by atoms with van der Waals surface area (Å²) in [7, 11) is 1.55. The summed E-state index contributed by atoms with van der Waals surface area (Å²) in [6, 6.07) is 5.53. The molecule has 20 heavy (non-hydrogen) atoms. The van der Waals surface area contributed by atoms with Gasteiger partial charge in [-0.1, -0.05) is 18.1 Å². The number of nitrogens with one attached hydrogen (secondary N) is 1. The van der Waals surface area contributed by atoms with Crippen molar-refractivity contribution in [2.75, 3.05) is 20.3 Å². The number of hydrogen-bond acceptors (Lipinski definition) is 5. The lowest BCUT2D eigenvalue weighted by atomic mass is 10.1. The van der Waals surface area contributed by atoms with Gasteiger partial charge in [0.25, 0.3) is 0 Å². The number of aliphatic hydroxyl groups excluding tert-OH is 1. The molecule has 0 aliphatic heterocycles. The average molecular weight is 281 g/mol. The summed E-state index contributed by atoms with van der Waals surface area (Å²) in [4.78, 5) is 0. The molecule has 0 aromatic heterocycles. The molecule has 6 heteroatoms. The number of aliphatic hydroxyl groups is 1. The number of hydrogen-bond donors (Lipinski definition) is 4. The molecule has 0 amide bonds. The largest absolute Gasteiger partial charge is 0.496 e. The van der Waals surface area contributed by atoms with E-state index in [0.717, 1.165) is 18.5 Å². The molecule has 0 radical (unpaired) electrons. The molecular formula is C14H23N3O3. The fourth-order valence-electron chi connectivity index (χ4n) is 1.90. The molecule has 0 heterocycles. The molecule has 0 saturated heterocycles. The van der Waals surface area contributed by atoms with E-state index in [2.05, 4.69) is 17.4 Å². The van der Waals surface area contributed by atoms with Gasteiger partial charge in [0, 0.05) is 13.2 Å². The fourth-order valence-corrected chi connectivity index (χ4v) is 1.90. The molecule has 1 atom stereocenters. The van der Waals surface area contributed by atoms with Crippen LogP contribution in [0.1, 0.15) is 24.5 Å². The lowest BCUT2D eigenvalue weighted by Crippen LogP contribution is -2.21. The smallest absolute Gasteiger partial charge is 0.173 e. The fraction of sp³-hybridized carbons (Fsp3) is 0.500.